The number of nitrogens with two attached hydrogens (primary N) is 1. The number of fused-ring (bicyclic) bond motifs is 1. The van der Waals surface area contributed by atoms with Crippen LogP contribution >= 0.6 is 0 Å². The number of nitrogens with one attached hydrogen (secondary N) is 1. The SMILES string of the molecule is C[C@@](CNc1cc(C(F)F)nc2cc(C(F)(F)F)nn12)(c1ccccc1)C1CN(S(N)(=O)=O)C1. The van der Waals surface area contributed by atoms with Crippen molar-refractivity contribution in [1.29, 1.82) is 0 Å². The van der Waals surface area contributed by atoms with Gasteiger partial charge in [-0.05, 0) is 11.5 Å². The van der Waals surface area contributed by atoms with E-state index in [1.807, 2.05) is 19.1 Å². The summed E-state index contributed by atoms with van der Waals surface area (Å²) in [4.78, 5) is 3.59. The Hall–Kier alpha value is -2.84. The fourth-order valence-corrected chi connectivity index (χ4v) is 4.77. The average molecular weight is 504 g/mol. The van der Waals surface area contributed by atoms with Crippen LogP contribution in [0.2, 0.25) is 0 Å². The normalized spacial score (nSPS) is 17.6. The van der Waals surface area contributed by atoms with Gasteiger partial charge in [0.1, 0.15) is 11.5 Å². The van der Waals surface area contributed by atoms with Crippen LogP contribution in [0.25, 0.3) is 5.65 Å². The number of anilines is 1. The van der Waals surface area contributed by atoms with E-state index in [1.165, 1.54) is 0 Å². The Labute approximate surface area is 191 Å². The van der Waals surface area contributed by atoms with E-state index in [1.54, 1.807) is 18.2 Å². The highest BCUT2D eigenvalue weighted by Gasteiger charge is 2.46. The molecule has 4 rings (SSSR count). The van der Waals surface area contributed by atoms with Gasteiger partial charge in [0.05, 0.1) is 0 Å². The standard InChI is InChI=1S/C20H21F5N6O2S/c1-19(12-5-3-2-4-6-12,13-9-30(10-13)34(26,32)33)11-27-16-7-14(18(21)22)28-17-8-15(20(23,24)25)29-31(16)17/h2-8,13,18,27H,9-11H2,1H3,(H2,26,32,33)/t19-/m1/s1. The van der Waals surface area contributed by atoms with Crippen LogP contribution in [0.3, 0.4) is 0 Å². The first-order valence-electron chi connectivity index (χ1n) is 10.1. The van der Waals surface area contributed by atoms with E-state index < -0.39 is 39.6 Å². The number of nitrogens with zero attached hydrogens (tertiary/aromatic N) is 4. The third kappa shape index (κ3) is 4.57. The van der Waals surface area contributed by atoms with E-state index >= 15 is 0 Å². The monoisotopic (exact) mass is 504 g/mol. The van der Waals surface area contributed by atoms with Crippen molar-refractivity contribution in [3.8, 4) is 0 Å². The van der Waals surface area contributed by atoms with Gasteiger partial charge >= 0.3 is 6.18 Å². The zero-order valence-corrected chi connectivity index (χ0v) is 18.6. The first kappa shape index (κ1) is 24.3. The molecule has 1 saturated heterocycles. The molecule has 2 aromatic heterocycles. The predicted octanol–water partition coefficient (Wildman–Crippen LogP) is 3.19. The van der Waals surface area contributed by atoms with E-state index in [4.69, 9.17) is 5.14 Å². The minimum absolute atomic E-state index is 0.0865. The first-order chi connectivity index (χ1) is 15.8. The quantitative estimate of drug-likeness (QED) is 0.481. The van der Waals surface area contributed by atoms with Crippen molar-refractivity contribution < 1.29 is 30.4 Å². The number of hydrogen-bond donors (Lipinski definition) is 2. The first-order valence-corrected chi connectivity index (χ1v) is 11.6. The van der Waals surface area contributed by atoms with E-state index in [0.29, 0.717) is 6.07 Å². The molecule has 3 N–H and O–H groups in total. The van der Waals surface area contributed by atoms with Gasteiger partial charge in [-0.15, -0.1) is 0 Å². The van der Waals surface area contributed by atoms with Gasteiger partial charge in [0.2, 0.25) is 0 Å². The van der Waals surface area contributed by atoms with Gasteiger partial charge < -0.3 is 5.32 Å². The average Bonchev–Trinajstić information content (AvgIpc) is 3.15. The van der Waals surface area contributed by atoms with E-state index in [9.17, 15) is 30.4 Å². The number of alkyl halides is 5. The van der Waals surface area contributed by atoms with E-state index in [2.05, 4.69) is 15.4 Å². The molecule has 14 heteroatoms. The molecule has 1 fully saturated rings. The third-order valence-corrected chi connectivity index (χ3v) is 7.16. The van der Waals surface area contributed by atoms with E-state index in [0.717, 1.165) is 20.5 Å². The molecule has 3 aromatic rings. The second-order valence-corrected chi connectivity index (χ2v) is 9.91. The maximum atomic E-state index is 13.4. The fraction of sp³-hybridized carbons (Fsp3) is 0.400. The van der Waals surface area contributed by atoms with Gasteiger partial charge in [0.25, 0.3) is 16.6 Å². The van der Waals surface area contributed by atoms with Gasteiger partial charge in [0.15, 0.2) is 11.3 Å². The molecule has 0 aliphatic carbocycles. The van der Waals surface area contributed by atoms with Crippen molar-refractivity contribution >= 4 is 21.7 Å². The predicted molar refractivity (Wildman–Crippen MR) is 113 cm³/mol. The van der Waals surface area contributed by atoms with Gasteiger partial charge in [-0.2, -0.15) is 35.5 Å². The lowest BCUT2D eigenvalue weighted by molar-refractivity contribution is -0.141. The fourth-order valence-electron chi connectivity index (χ4n) is 3.99. The summed E-state index contributed by atoms with van der Waals surface area (Å²) in [6.45, 7) is 2.22. The maximum Gasteiger partial charge on any atom is 0.435 e. The third-order valence-electron chi connectivity index (χ3n) is 6.14. The highest BCUT2D eigenvalue weighted by molar-refractivity contribution is 7.86. The van der Waals surface area contributed by atoms with Crippen molar-refractivity contribution in [2.75, 3.05) is 25.0 Å². The molecule has 0 radical (unpaired) electrons. The Bertz CT molecular complexity index is 1290. The summed E-state index contributed by atoms with van der Waals surface area (Å²) in [6, 6.07) is 10.6. The molecule has 184 valence electrons. The second kappa shape index (κ2) is 8.43. The molecule has 0 unspecified atom stereocenters. The molecule has 0 spiro atoms. The van der Waals surface area contributed by atoms with Crippen LogP contribution in [0.1, 0.15) is 30.3 Å². The van der Waals surface area contributed by atoms with Crippen LogP contribution in [-0.4, -0.2) is 47.0 Å². The van der Waals surface area contributed by atoms with Crippen molar-refractivity contribution in [2.24, 2.45) is 11.1 Å². The molecule has 0 amide bonds. The Morgan fingerprint density at radius 3 is 2.38 bits per heavy atom. The van der Waals surface area contributed by atoms with Gasteiger partial charge in [-0.1, -0.05) is 37.3 Å². The molecule has 3 heterocycles. The molecule has 1 aromatic carbocycles. The summed E-state index contributed by atoms with van der Waals surface area (Å²) in [5.41, 5.74) is -2.23. The lowest BCUT2D eigenvalue weighted by Gasteiger charge is -2.48. The van der Waals surface area contributed by atoms with Crippen LogP contribution < -0.4 is 10.5 Å². The smallest absolute Gasteiger partial charge is 0.369 e. The number of aromatic nitrogens is 3. The zero-order valence-electron chi connectivity index (χ0n) is 17.8. The summed E-state index contributed by atoms with van der Waals surface area (Å²) in [7, 11) is -3.86. The summed E-state index contributed by atoms with van der Waals surface area (Å²) < 4.78 is 91.5. The molecule has 34 heavy (non-hydrogen) atoms. The molecule has 1 atom stereocenters. The van der Waals surface area contributed by atoms with Gasteiger partial charge in [-0.3, -0.25) is 0 Å². The minimum Gasteiger partial charge on any atom is -0.369 e. The highest BCUT2D eigenvalue weighted by atomic mass is 32.2. The molecular weight excluding hydrogens is 483 g/mol. The molecule has 8 nitrogen and oxygen atoms in total. The highest BCUT2D eigenvalue weighted by Crippen LogP contribution is 2.39. The molecule has 0 bridgehead atoms. The van der Waals surface area contributed by atoms with Crippen molar-refractivity contribution in [3.63, 3.8) is 0 Å². The Morgan fingerprint density at radius 2 is 1.82 bits per heavy atom. The Balaban J connectivity index is 1.70. The Morgan fingerprint density at radius 1 is 1.18 bits per heavy atom. The number of rotatable bonds is 7. The minimum atomic E-state index is -4.78. The number of halogens is 5. The lowest BCUT2D eigenvalue weighted by atomic mass is 9.69. The van der Waals surface area contributed by atoms with Gasteiger partial charge in [-0.25, -0.2) is 18.9 Å². The lowest BCUT2D eigenvalue weighted by Crippen LogP contribution is -2.60. The number of benzene rings is 1. The van der Waals surface area contributed by atoms with Crippen molar-refractivity contribution in [1.82, 2.24) is 18.9 Å². The van der Waals surface area contributed by atoms with Gasteiger partial charge in [0, 0.05) is 37.2 Å². The van der Waals surface area contributed by atoms with Crippen molar-refractivity contribution in [2.45, 2.75) is 24.9 Å². The van der Waals surface area contributed by atoms with Crippen LogP contribution in [-0.2, 0) is 21.8 Å². The molecule has 1 aliphatic rings. The van der Waals surface area contributed by atoms with Crippen LogP contribution in [0.15, 0.2) is 42.5 Å². The summed E-state index contributed by atoms with van der Waals surface area (Å²) in [6.07, 6.45) is -7.79. The molecular formula is C20H21F5N6O2S. The van der Waals surface area contributed by atoms with E-state index in [-0.39, 0.29) is 37.0 Å². The molecule has 0 saturated carbocycles. The maximum absolute atomic E-state index is 13.4. The zero-order chi connectivity index (χ0) is 24.9. The summed E-state index contributed by atoms with van der Waals surface area (Å²) in [5.74, 6) is -0.295. The topological polar surface area (TPSA) is 106 Å². The van der Waals surface area contributed by atoms with Crippen LogP contribution in [0.4, 0.5) is 27.8 Å². The van der Waals surface area contributed by atoms with Crippen LogP contribution in [0.5, 0.6) is 0 Å². The van der Waals surface area contributed by atoms with Crippen molar-refractivity contribution in [3.05, 3.63) is 59.4 Å². The van der Waals surface area contributed by atoms with Crippen LogP contribution in [0, 0.1) is 5.92 Å². The summed E-state index contributed by atoms with van der Waals surface area (Å²) >= 11 is 0. The largest absolute Gasteiger partial charge is 0.435 e. The molecule has 1 aliphatic heterocycles. The second-order valence-electron chi connectivity index (χ2n) is 8.36. The Kier molecular flexibility index (Phi) is 6.02. The number of hydrogen-bond acceptors (Lipinski definition) is 5. The summed E-state index contributed by atoms with van der Waals surface area (Å²) in [5, 5.41) is 11.6.